The van der Waals surface area contributed by atoms with Gasteiger partial charge in [0.25, 0.3) is 5.89 Å². The molecule has 0 aliphatic heterocycles. The van der Waals surface area contributed by atoms with Gasteiger partial charge in [0.1, 0.15) is 5.69 Å². The Labute approximate surface area is 126 Å². The van der Waals surface area contributed by atoms with Gasteiger partial charge >= 0.3 is 0 Å². The van der Waals surface area contributed by atoms with Gasteiger partial charge in [-0.2, -0.15) is 4.98 Å². The second kappa shape index (κ2) is 5.18. The highest BCUT2D eigenvalue weighted by atomic mass is 35.5. The minimum Gasteiger partial charge on any atom is -0.398 e. The van der Waals surface area contributed by atoms with Crippen LogP contribution in [-0.2, 0) is 0 Å². The van der Waals surface area contributed by atoms with Crippen LogP contribution in [0.2, 0.25) is 5.02 Å². The number of nitrogens with zero attached hydrogens (tertiary/aromatic N) is 3. The zero-order valence-corrected chi connectivity index (χ0v) is 12.3. The van der Waals surface area contributed by atoms with Crippen LogP contribution in [0.25, 0.3) is 23.0 Å². The first-order valence-corrected chi connectivity index (χ1v) is 6.75. The normalized spacial score (nSPS) is 10.8. The molecule has 2 N–H and O–H groups in total. The Kier molecular flexibility index (Phi) is 3.35. The summed E-state index contributed by atoms with van der Waals surface area (Å²) in [7, 11) is 0. The van der Waals surface area contributed by atoms with Crippen molar-refractivity contribution in [1.29, 1.82) is 0 Å². The summed E-state index contributed by atoms with van der Waals surface area (Å²) in [4.78, 5) is 8.51. The van der Waals surface area contributed by atoms with Crippen LogP contribution in [0.4, 0.5) is 5.69 Å². The van der Waals surface area contributed by atoms with Crippen molar-refractivity contribution in [3.05, 3.63) is 46.6 Å². The molecule has 0 fully saturated rings. The van der Waals surface area contributed by atoms with Crippen LogP contribution >= 0.6 is 11.6 Å². The molecule has 0 saturated carbocycles. The zero-order chi connectivity index (χ0) is 15.0. The molecule has 0 spiro atoms. The van der Waals surface area contributed by atoms with Crippen LogP contribution in [-0.4, -0.2) is 15.1 Å². The highest BCUT2D eigenvalue weighted by Crippen LogP contribution is 2.31. The quantitative estimate of drug-likeness (QED) is 0.731. The van der Waals surface area contributed by atoms with Crippen LogP contribution in [0.15, 0.2) is 35.0 Å². The van der Waals surface area contributed by atoms with Gasteiger partial charge in [-0.15, -0.1) is 0 Å². The van der Waals surface area contributed by atoms with E-state index in [1.165, 1.54) is 0 Å². The molecule has 6 heteroatoms. The predicted octanol–water partition coefficient (Wildman–Crippen LogP) is 3.65. The third-order valence-electron chi connectivity index (χ3n) is 3.16. The molecule has 0 saturated heterocycles. The fourth-order valence-corrected chi connectivity index (χ4v) is 2.34. The number of hydrogen-bond donors (Lipinski definition) is 1. The largest absolute Gasteiger partial charge is 0.398 e. The number of benzene rings is 1. The van der Waals surface area contributed by atoms with Crippen molar-refractivity contribution in [3.8, 4) is 23.0 Å². The average molecular weight is 301 g/mol. The van der Waals surface area contributed by atoms with E-state index < -0.39 is 0 Å². The van der Waals surface area contributed by atoms with Crippen molar-refractivity contribution in [1.82, 2.24) is 15.1 Å². The highest BCUT2D eigenvalue weighted by Gasteiger charge is 2.16. The lowest BCUT2D eigenvalue weighted by atomic mass is 10.0. The van der Waals surface area contributed by atoms with Gasteiger partial charge in [-0.3, -0.25) is 4.98 Å². The Balaban J connectivity index is 2.09. The van der Waals surface area contributed by atoms with E-state index in [2.05, 4.69) is 15.1 Å². The van der Waals surface area contributed by atoms with Crippen LogP contribution in [0.3, 0.4) is 0 Å². The van der Waals surface area contributed by atoms with Crippen molar-refractivity contribution in [2.45, 2.75) is 13.8 Å². The van der Waals surface area contributed by atoms with E-state index in [9.17, 15) is 0 Å². The first kappa shape index (κ1) is 13.6. The monoisotopic (exact) mass is 300 g/mol. The molecule has 0 aliphatic rings. The topological polar surface area (TPSA) is 77.8 Å². The van der Waals surface area contributed by atoms with Crippen LogP contribution in [0.5, 0.6) is 0 Å². The number of rotatable bonds is 2. The average Bonchev–Trinajstić information content (AvgIpc) is 2.92. The standard InChI is InChI=1S/C15H13ClN4O/c1-8-6-9(2)12(17)10(7-8)15-19-14(20-21-15)13-11(16)4-3-5-18-13/h3-7H,17H2,1-2H3. The number of nitrogens with two attached hydrogens (primary N) is 1. The predicted molar refractivity (Wildman–Crippen MR) is 81.9 cm³/mol. The number of aryl methyl sites for hydroxylation is 2. The molecule has 2 heterocycles. The van der Waals surface area contributed by atoms with Gasteiger partial charge in [0.05, 0.1) is 10.6 Å². The summed E-state index contributed by atoms with van der Waals surface area (Å²) in [5.41, 5.74) is 9.97. The number of hydrogen-bond acceptors (Lipinski definition) is 5. The van der Waals surface area contributed by atoms with Gasteiger partial charge in [-0.05, 0) is 43.2 Å². The van der Waals surface area contributed by atoms with Gasteiger partial charge < -0.3 is 10.3 Å². The van der Waals surface area contributed by atoms with E-state index in [0.29, 0.717) is 28.1 Å². The van der Waals surface area contributed by atoms with Gasteiger partial charge in [-0.25, -0.2) is 0 Å². The number of anilines is 1. The minimum atomic E-state index is 0.342. The summed E-state index contributed by atoms with van der Waals surface area (Å²) < 4.78 is 5.31. The molecule has 0 amide bonds. The zero-order valence-electron chi connectivity index (χ0n) is 11.6. The van der Waals surface area contributed by atoms with Crippen molar-refractivity contribution >= 4 is 17.3 Å². The molecule has 3 aromatic rings. The van der Waals surface area contributed by atoms with E-state index >= 15 is 0 Å². The summed E-state index contributed by atoms with van der Waals surface area (Å²) in [6.45, 7) is 3.93. The molecule has 3 rings (SSSR count). The second-order valence-electron chi connectivity index (χ2n) is 4.80. The first-order chi connectivity index (χ1) is 10.1. The Hall–Kier alpha value is -2.40. The molecule has 0 aliphatic carbocycles. The molecule has 5 nitrogen and oxygen atoms in total. The fourth-order valence-electron chi connectivity index (χ4n) is 2.13. The Morgan fingerprint density at radius 1 is 1.24 bits per heavy atom. The number of pyridine rings is 1. The van der Waals surface area contributed by atoms with E-state index in [1.54, 1.807) is 18.3 Å². The minimum absolute atomic E-state index is 0.342. The van der Waals surface area contributed by atoms with Gasteiger partial charge in [0.15, 0.2) is 0 Å². The Morgan fingerprint density at radius 2 is 2.05 bits per heavy atom. The first-order valence-electron chi connectivity index (χ1n) is 6.38. The molecule has 0 radical (unpaired) electrons. The summed E-state index contributed by atoms with van der Waals surface area (Å²) in [6, 6.07) is 7.39. The molecule has 0 atom stereocenters. The van der Waals surface area contributed by atoms with Crippen molar-refractivity contribution in [2.24, 2.45) is 0 Å². The molecule has 1 aromatic carbocycles. The molecular weight excluding hydrogens is 288 g/mol. The van der Waals surface area contributed by atoms with Gasteiger partial charge in [-0.1, -0.05) is 22.8 Å². The van der Waals surface area contributed by atoms with E-state index in [0.717, 1.165) is 16.7 Å². The lowest BCUT2D eigenvalue weighted by Crippen LogP contribution is -1.95. The van der Waals surface area contributed by atoms with Crippen LogP contribution in [0.1, 0.15) is 11.1 Å². The van der Waals surface area contributed by atoms with Crippen LogP contribution < -0.4 is 5.73 Å². The fraction of sp³-hybridized carbons (Fsp3) is 0.133. The van der Waals surface area contributed by atoms with E-state index in [1.807, 2.05) is 26.0 Å². The Bertz CT molecular complexity index is 813. The lowest BCUT2D eigenvalue weighted by molar-refractivity contribution is 0.432. The highest BCUT2D eigenvalue weighted by molar-refractivity contribution is 6.32. The maximum Gasteiger partial charge on any atom is 0.260 e. The van der Waals surface area contributed by atoms with Gasteiger partial charge in [0.2, 0.25) is 5.82 Å². The molecular formula is C15H13ClN4O. The number of aromatic nitrogens is 3. The maximum atomic E-state index is 6.09. The van der Waals surface area contributed by atoms with E-state index in [-0.39, 0.29) is 0 Å². The smallest absolute Gasteiger partial charge is 0.260 e. The third-order valence-corrected chi connectivity index (χ3v) is 3.46. The number of halogens is 1. The third kappa shape index (κ3) is 2.48. The van der Waals surface area contributed by atoms with Crippen molar-refractivity contribution in [2.75, 3.05) is 5.73 Å². The lowest BCUT2D eigenvalue weighted by Gasteiger charge is -2.06. The summed E-state index contributed by atoms with van der Waals surface area (Å²) in [5.74, 6) is 0.699. The SMILES string of the molecule is Cc1cc(C)c(N)c(-c2nc(-c3ncccc3Cl)no2)c1. The Morgan fingerprint density at radius 3 is 2.81 bits per heavy atom. The summed E-state index contributed by atoms with van der Waals surface area (Å²) in [5, 5.41) is 4.41. The molecule has 0 bridgehead atoms. The molecule has 2 aromatic heterocycles. The van der Waals surface area contributed by atoms with Crippen molar-refractivity contribution in [3.63, 3.8) is 0 Å². The molecule has 0 unspecified atom stereocenters. The van der Waals surface area contributed by atoms with E-state index in [4.69, 9.17) is 21.9 Å². The number of nitrogen functional groups attached to an aromatic ring is 1. The second-order valence-corrected chi connectivity index (χ2v) is 5.21. The van der Waals surface area contributed by atoms with Crippen LogP contribution in [0, 0.1) is 13.8 Å². The van der Waals surface area contributed by atoms with Crippen molar-refractivity contribution < 1.29 is 4.52 Å². The maximum absolute atomic E-state index is 6.09. The summed E-state index contributed by atoms with van der Waals surface area (Å²) in [6.07, 6.45) is 1.63. The summed E-state index contributed by atoms with van der Waals surface area (Å²) >= 11 is 6.09. The van der Waals surface area contributed by atoms with Gasteiger partial charge in [0, 0.05) is 11.9 Å². The molecule has 106 valence electrons. The molecule has 21 heavy (non-hydrogen) atoms.